The summed E-state index contributed by atoms with van der Waals surface area (Å²) in [5.74, 6) is -0.370. The van der Waals surface area contributed by atoms with E-state index in [0.717, 1.165) is 32.1 Å². The van der Waals surface area contributed by atoms with E-state index in [2.05, 4.69) is 32.9 Å². The summed E-state index contributed by atoms with van der Waals surface area (Å²) in [5, 5.41) is 0. The third-order valence-electron chi connectivity index (χ3n) is 14.8. The number of hydrogen-bond donors (Lipinski definition) is 0. The fraction of sp³-hybridized carbons (Fsp3) is 0.938. The summed E-state index contributed by atoms with van der Waals surface area (Å²) in [6.07, 6.45) is 73.9. The highest BCUT2D eigenvalue weighted by atomic mass is 16.6. The summed E-state index contributed by atoms with van der Waals surface area (Å²) < 4.78 is 17.6. The zero-order valence-corrected chi connectivity index (χ0v) is 48.1. The van der Waals surface area contributed by atoms with Gasteiger partial charge in [0.2, 0.25) is 0 Å². The standard InChI is InChI=1S/C65H126O5/c1-4-7-10-13-16-19-22-25-28-31-32-33-34-36-37-40-43-46-49-52-55-58-64(66)69-62-63(61-68-60-57-54-51-48-45-42-39-30-27-24-21-18-15-12-9-6-3)70-65(67)59-56-53-50-47-44-41-38-35-29-26-23-20-17-14-11-8-5-2/h26,29,63H,4-25,27-28,30-62H2,1-3H3/b29-26-/t63-/m1/s1. The van der Waals surface area contributed by atoms with E-state index >= 15 is 0 Å². The van der Waals surface area contributed by atoms with E-state index in [-0.39, 0.29) is 18.5 Å². The van der Waals surface area contributed by atoms with Crippen LogP contribution in [0.3, 0.4) is 0 Å². The number of hydrogen-bond acceptors (Lipinski definition) is 5. The predicted molar refractivity (Wildman–Crippen MR) is 307 cm³/mol. The molecule has 0 aromatic rings. The smallest absolute Gasteiger partial charge is 0.306 e. The van der Waals surface area contributed by atoms with E-state index in [0.29, 0.717) is 26.1 Å². The monoisotopic (exact) mass is 987 g/mol. The minimum absolute atomic E-state index is 0.0943. The van der Waals surface area contributed by atoms with Gasteiger partial charge in [-0.25, -0.2) is 0 Å². The SMILES string of the molecule is CCCCCCCC/C=C\CCCCCCCCCC(=O)O[C@H](COCCCCCCCCCCCCCCCCCC)COC(=O)CCCCCCCCCCCCCCCCCCCCCCC. The molecule has 0 fully saturated rings. The minimum atomic E-state index is -0.530. The highest BCUT2D eigenvalue weighted by Gasteiger charge is 2.18. The second kappa shape index (κ2) is 61.9. The quantitative estimate of drug-likeness (QED) is 0.0345. The molecule has 0 N–H and O–H groups in total. The van der Waals surface area contributed by atoms with Gasteiger partial charge in [-0.3, -0.25) is 9.59 Å². The van der Waals surface area contributed by atoms with Crippen molar-refractivity contribution in [1.82, 2.24) is 0 Å². The molecule has 0 aromatic heterocycles. The lowest BCUT2D eigenvalue weighted by molar-refractivity contribution is -0.163. The molecule has 0 bridgehead atoms. The average Bonchev–Trinajstić information content (AvgIpc) is 3.36. The summed E-state index contributed by atoms with van der Waals surface area (Å²) >= 11 is 0. The van der Waals surface area contributed by atoms with Gasteiger partial charge >= 0.3 is 11.9 Å². The van der Waals surface area contributed by atoms with Gasteiger partial charge in [0, 0.05) is 19.4 Å². The zero-order chi connectivity index (χ0) is 50.6. The number of esters is 2. The Morgan fingerprint density at radius 2 is 0.557 bits per heavy atom. The molecule has 5 nitrogen and oxygen atoms in total. The number of allylic oxidation sites excluding steroid dienone is 2. The van der Waals surface area contributed by atoms with Crippen LogP contribution in [0.4, 0.5) is 0 Å². The molecule has 0 aliphatic heterocycles. The molecule has 70 heavy (non-hydrogen) atoms. The molecular formula is C65H126O5. The van der Waals surface area contributed by atoms with Gasteiger partial charge in [0.25, 0.3) is 0 Å². The summed E-state index contributed by atoms with van der Waals surface area (Å²) in [4.78, 5) is 25.6. The van der Waals surface area contributed by atoms with Crippen LogP contribution < -0.4 is 0 Å². The lowest BCUT2D eigenvalue weighted by Gasteiger charge is -2.18. The van der Waals surface area contributed by atoms with Crippen LogP contribution in [0.1, 0.15) is 367 Å². The molecule has 0 aliphatic rings. The van der Waals surface area contributed by atoms with Crippen LogP contribution in [0.2, 0.25) is 0 Å². The highest BCUT2D eigenvalue weighted by Crippen LogP contribution is 2.18. The molecule has 1 atom stereocenters. The molecule has 0 aromatic carbocycles. The van der Waals surface area contributed by atoms with E-state index in [1.807, 2.05) is 0 Å². The first kappa shape index (κ1) is 68.6. The van der Waals surface area contributed by atoms with Crippen LogP contribution in [0.25, 0.3) is 0 Å². The van der Waals surface area contributed by atoms with Crippen molar-refractivity contribution in [2.75, 3.05) is 19.8 Å². The van der Waals surface area contributed by atoms with Crippen molar-refractivity contribution in [2.24, 2.45) is 0 Å². The third kappa shape index (κ3) is 59.2. The van der Waals surface area contributed by atoms with Crippen molar-refractivity contribution in [3.8, 4) is 0 Å². The molecule has 0 saturated carbocycles. The molecular weight excluding hydrogens is 861 g/mol. The Balaban J connectivity index is 4.18. The molecule has 0 amide bonds. The normalized spacial score (nSPS) is 12.1. The molecule has 416 valence electrons. The van der Waals surface area contributed by atoms with Crippen LogP contribution in [0, 0.1) is 0 Å². The molecule has 5 heteroatoms. The largest absolute Gasteiger partial charge is 0.462 e. The number of unbranched alkanes of at least 4 members (excludes halogenated alkanes) is 48. The molecule has 0 spiro atoms. The molecule has 0 radical (unpaired) electrons. The van der Waals surface area contributed by atoms with Crippen molar-refractivity contribution < 1.29 is 23.8 Å². The van der Waals surface area contributed by atoms with Crippen LogP contribution in [0.15, 0.2) is 12.2 Å². The van der Waals surface area contributed by atoms with Gasteiger partial charge in [-0.15, -0.1) is 0 Å². The topological polar surface area (TPSA) is 61.8 Å². The van der Waals surface area contributed by atoms with Gasteiger partial charge in [-0.1, -0.05) is 322 Å². The number of ether oxygens (including phenoxy) is 3. The second-order valence-corrected chi connectivity index (χ2v) is 22.0. The maximum atomic E-state index is 12.9. The van der Waals surface area contributed by atoms with Crippen molar-refractivity contribution in [1.29, 1.82) is 0 Å². The van der Waals surface area contributed by atoms with Crippen LogP contribution in [-0.2, 0) is 23.8 Å². The van der Waals surface area contributed by atoms with E-state index < -0.39 is 6.10 Å². The van der Waals surface area contributed by atoms with Gasteiger partial charge in [0.05, 0.1) is 6.61 Å². The van der Waals surface area contributed by atoms with Crippen LogP contribution in [-0.4, -0.2) is 37.9 Å². The maximum absolute atomic E-state index is 12.9. The van der Waals surface area contributed by atoms with Crippen LogP contribution >= 0.6 is 0 Å². The van der Waals surface area contributed by atoms with Crippen molar-refractivity contribution in [3.63, 3.8) is 0 Å². The van der Waals surface area contributed by atoms with Crippen LogP contribution in [0.5, 0.6) is 0 Å². The Hall–Kier alpha value is -1.36. The van der Waals surface area contributed by atoms with Gasteiger partial charge in [-0.05, 0) is 44.9 Å². The number of rotatable bonds is 61. The summed E-state index contributed by atoms with van der Waals surface area (Å²) in [7, 11) is 0. The molecule has 0 rings (SSSR count). The van der Waals surface area contributed by atoms with Gasteiger partial charge < -0.3 is 14.2 Å². The minimum Gasteiger partial charge on any atom is -0.462 e. The zero-order valence-electron chi connectivity index (χ0n) is 48.1. The lowest BCUT2D eigenvalue weighted by atomic mass is 10.0. The number of carbonyl (C=O) groups is 2. The lowest BCUT2D eigenvalue weighted by Crippen LogP contribution is -2.30. The fourth-order valence-electron chi connectivity index (χ4n) is 9.98. The summed E-state index contributed by atoms with van der Waals surface area (Å²) in [6, 6.07) is 0. The molecule has 0 aliphatic carbocycles. The number of carbonyl (C=O) groups excluding carboxylic acids is 2. The average molecular weight is 988 g/mol. The highest BCUT2D eigenvalue weighted by molar-refractivity contribution is 5.70. The Bertz CT molecular complexity index is 1030. The Kier molecular flexibility index (Phi) is 60.7. The van der Waals surface area contributed by atoms with Gasteiger partial charge in [-0.2, -0.15) is 0 Å². The van der Waals surface area contributed by atoms with Crippen molar-refractivity contribution >= 4 is 11.9 Å². The van der Waals surface area contributed by atoms with E-state index in [1.165, 1.54) is 302 Å². The third-order valence-corrected chi connectivity index (χ3v) is 14.8. The summed E-state index contributed by atoms with van der Waals surface area (Å²) in [6.45, 7) is 7.92. The Labute approximate surface area is 439 Å². The van der Waals surface area contributed by atoms with Gasteiger partial charge in [0.1, 0.15) is 6.61 Å². The summed E-state index contributed by atoms with van der Waals surface area (Å²) in [5.41, 5.74) is 0. The predicted octanol–water partition coefficient (Wildman–Crippen LogP) is 22.1. The molecule has 0 saturated heterocycles. The first-order valence-electron chi connectivity index (χ1n) is 32.2. The van der Waals surface area contributed by atoms with E-state index in [1.54, 1.807) is 0 Å². The van der Waals surface area contributed by atoms with E-state index in [9.17, 15) is 9.59 Å². The fourth-order valence-corrected chi connectivity index (χ4v) is 9.98. The Morgan fingerprint density at radius 3 is 0.871 bits per heavy atom. The van der Waals surface area contributed by atoms with Crippen molar-refractivity contribution in [2.45, 2.75) is 374 Å². The molecule has 0 heterocycles. The molecule has 0 unspecified atom stereocenters. The Morgan fingerprint density at radius 1 is 0.300 bits per heavy atom. The second-order valence-electron chi connectivity index (χ2n) is 22.0. The first-order valence-corrected chi connectivity index (χ1v) is 32.2. The van der Waals surface area contributed by atoms with Crippen molar-refractivity contribution in [3.05, 3.63) is 12.2 Å². The maximum Gasteiger partial charge on any atom is 0.306 e. The first-order chi connectivity index (χ1) is 34.6. The van der Waals surface area contributed by atoms with Gasteiger partial charge in [0.15, 0.2) is 6.10 Å². The van der Waals surface area contributed by atoms with E-state index in [4.69, 9.17) is 14.2 Å².